The summed E-state index contributed by atoms with van der Waals surface area (Å²) in [4.78, 5) is 25.8. The molecule has 2 fully saturated rings. The fraction of sp³-hybridized carbons (Fsp3) is 0.867. The molecule has 1 aliphatic carbocycles. The lowest BCUT2D eigenvalue weighted by atomic mass is 9.96. The molecule has 6 heteroatoms. The van der Waals surface area contributed by atoms with E-state index in [0.29, 0.717) is 5.92 Å². The number of carbonyl (C=O) groups excluding carboxylic acids is 2. The van der Waals surface area contributed by atoms with Crippen molar-refractivity contribution in [2.45, 2.75) is 57.5 Å². The third-order valence-electron chi connectivity index (χ3n) is 4.33. The van der Waals surface area contributed by atoms with Crippen molar-refractivity contribution < 1.29 is 9.59 Å². The van der Waals surface area contributed by atoms with Crippen molar-refractivity contribution >= 4 is 11.9 Å². The number of likely N-dealkylation sites (tertiary alicyclic amines) is 1. The zero-order valence-corrected chi connectivity index (χ0v) is 12.9. The highest BCUT2D eigenvalue weighted by Crippen LogP contribution is 2.17. The number of amides is 3. The van der Waals surface area contributed by atoms with E-state index in [2.05, 4.69) is 17.6 Å². The van der Waals surface area contributed by atoms with Gasteiger partial charge in [-0.05, 0) is 25.2 Å². The van der Waals surface area contributed by atoms with E-state index >= 15 is 0 Å². The van der Waals surface area contributed by atoms with Crippen LogP contribution >= 0.6 is 0 Å². The summed E-state index contributed by atoms with van der Waals surface area (Å²) in [7, 11) is 0. The summed E-state index contributed by atoms with van der Waals surface area (Å²) in [6, 6.07) is -0.0196. The maximum absolute atomic E-state index is 11.9. The second-order valence-corrected chi connectivity index (χ2v) is 6.65. The number of urea groups is 1. The summed E-state index contributed by atoms with van der Waals surface area (Å²) < 4.78 is 0. The molecule has 0 radical (unpaired) electrons. The smallest absolute Gasteiger partial charge is 0.321 e. The zero-order chi connectivity index (χ0) is 15.2. The molecule has 4 N–H and O–H groups in total. The van der Waals surface area contributed by atoms with Crippen LogP contribution in [0.15, 0.2) is 0 Å². The van der Waals surface area contributed by atoms with Crippen molar-refractivity contribution in [1.82, 2.24) is 15.5 Å². The molecule has 0 spiro atoms. The Morgan fingerprint density at radius 1 is 1.19 bits per heavy atom. The van der Waals surface area contributed by atoms with Gasteiger partial charge in [-0.25, -0.2) is 4.79 Å². The van der Waals surface area contributed by atoms with Crippen molar-refractivity contribution in [3.63, 3.8) is 0 Å². The van der Waals surface area contributed by atoms with Crippen LogP contribution in [-0.2, 0) is 4.79 Å². The summed E-state index contributed by atoms with van der Waals surface area (Å²) in [5.41, 5.74) is 5.96. The minimum atomic E-state index is -0.360. The van der Waals surface area contributed by atoms with E-state index in [1.807, 2.05) is 4.90 Å². The lowest BCUT2D eigenvalue weighted by molar-refractivity contribution is -0.121. The maximum Gasteiger partial charge on any atom is 0.321 e. The van der Waals surface area contributed by atoms with Crippen molar-refractivity contribution in [2.24, 2.45) is 11.7 Å². The average Bonchev–Trinajstić information content (AvgIpc) is 2.37. The van der Waals surface area contributed by atoms with E-state index in [1.54, 1.807) is 0 Å². The molecular weight excluding hydrogens is 268 g/mol. The average molecular weight is 296 g/mol. The Morgan fingerprint density at radius 2 is 1.90 bits per heavy atom. The molecule has 0 aromatic heterocycles. The molecule has 3 amide bonds. The van der Waals surface area contributed by atoms with Crippen LogP contribution in [0.5, 0.6) is 0 Å². The summed E-state index contributed by atoms with van der Waals surface area (Å²) in [5.74, 6) is 0.252. The van der Waals surface area contributed by atoms with Gasteiger partial charge >= 0.3 is 6.03 Å². The molecule has 6 nitrogen and oxygen atoms in total. The summed E-state index contributed by atoms with van der Waals surface area (Å²) >= 11 is 0. The summed E-state index contributed by atoms with van der Waals surface area (Å²) in [6.07, 6.45) is 6.58. The maximum atomic E-state index is 11.9. The van der Waals surface area contributed by atoms with Crippen molar-refractivity contribution in [2.75, 3.05) is 19.6 Å². The first kappa shape index (κ1) is 16.2. The van der Waals surface area contributed by atoms with E-state index < -0.39 is 0 Å². The molecule has 21 heavy (non-hydrogen) atoms. The van der Waals surface area contributed by atoms with Crippen LogP contribution in [0.1, 0.15) is 45.4 Å². The topological polar surface area (TPSA) is 87.5 Å². The van der Waals surface area contributed by atoms with Crippen LogP contribution in [-0.4, -0.2) is 48.6 Å². The highest BCUT2D eigenvalue weighted by atomic mass is 16.2. The van der Waals surface area contributed by atoms with Gasteiger partial charge in [0.25, 0.3) is 0 Å². The predicted octanol–water partition coefficient (Wildman–Crippen LogP) is 0.814. The zero-order valence-electron chi connectivity index (χ0n) is 12.9. The largest absolute Gasteiger partial charge is 0.335 e. The number of hydrogen-bond donors (Lipinski definition) is 3. The van der Waals surface area contributed by atoms with Crippen molar-refractivity contribution in [3.8, 4) is 0 Å². The van der Waals surface area contributed by atoms with Gasteiger partial charge in [0.1, 0.15) is 0 Å². The van der Waals surface area contributed by atoms with E-state index in [-0.39, 0.29) is 30.6 Å². The Labute approximate surface area is 126 Å². The second kappa shape index (κ2) is 7.75. The van der Waals surface area contributed by atoms with Crippen molar-refractivity contribution in [3.05, 3.63) is 0 Å². The molecule has 2 atom stereocenters. The third kappa shape index (κ3) is 5.63. The van der Waals surface area contributed by atoms with E-state index in [4.69, 9.17) is 5.73 Å². The van der Waals surface area contributed by atoms with Gasteiger partial charge in [-0.3, -0.25) is 15.0 Å². The number of nitrogens with two attached hydrogens (primary N) is 1. The fourth-order valence-electron chi connectivity index (χ4n) is 3.48. The number of nitrogens with zero attached hydrogens (tertiary/aromatic N) is 1. The molecule has 1 saturated carbocycles. The summed E-state index contributed by atoms with van der Waals surface area (Å²) in [6.45, 7) is 3.98. The molecule has 120 valence electrons. The SMILES string of the molecule is CC1CC(N)CN(CC(=O)NC(=O)NC2CCCCC2)C1. The van der Waals surface area contributed by atoms with Gasteiger partial charge in [-0.2, -0.15) is 0 Å². The van der Waals surface area contributed by atoms with Crippen molar-refractivity contribution in [1.29, 1.82) is 0 Å². The fourth-order valence-corrected chi connectivity index (χ4v) is 3.48. The molecule has 0 aromatic rings. The minimum Gasteiger partial charge on any atom is -0.335 e. The van der Waals surface area contributed by atoms with Gasteiger partial charge < -0.3 is 11.1 Å². The minimum absolute atomic E-state index is 0.123. The molecule has 2 rings (SSSR count). The normalized spacial score (nSPS) is 28.1. The Morgan fingerprint density at radius 3 is 2.57 bits per heavy atom. The molecule has 1 aliphatic heterocycles. The number of imide groups is 1. The van der Waals surface area contributed by atoms with Gasteiger partial charge in [-0.1, -0.05) is 26.2 Å². The molecule has 1 heterocycles. The molecule has 2 aliphatic rings. The van der Waals surface area contributed by atoms with Gasteiger partial charge in [0, 0.05) is 25.2 Å². The number of piperidine rings is 1. The van der Waals surface area contributed by atoms with Crippen LogP contribution in [0.4, 0.5) is 4.79 Å². The van der Waals surface area contributed by atoms with Gasteiger partial charge in [0.15, 0.2) is 0 Å². The Balaban J connectivity index is 1.69. The highest BCUT2D eigenvalue weighted by molar-refractivity contribution is 5.95. The predicted molar refractivity (Wildman–Crippen MR) is 81.7 cm³/mol. The lowest BCUT2D eigenvalue weighted by Gasteiger charge is -2.34. The number of nitrogens with one attached hydrogen (secondary N) is 2. The Hall–Kier alpha value is -1.14. The third-order valence-corrected chi connectivity index (χ3v) is 4.33. The van der Waals surface area contributed by atoms with Crippen LogP contribution in [0.2, 0.25) is 0 Å². The van der Waals surface area contributed by atoms with E-state index in [9.17, 15) is 9.59 Å². The van der Waals surface area contributed by atoms with Gasteiger partial charge in [0.2, 0.25) is 5.91 Å². The molecule has 2 unspecified atom stereocenters. The Kier molecular flexibility index (Phi) is 5.99. The monoisotopic (exact) mass is 296 g/mol. The van der Waals surface area contributed by atoms with Gasteiger partial charge in [0.05, 0.1) is 6.54 Å². The molecule has 0 bridgehead atoms. The van der Waals surface area contributed by atoms with Crippen LogP contribution in [0.25, 0.3) is 0 Å². The number of hydrogen-bond acceptors (Lipinski definition) is 4. The molecule has 0 aromatic carbocycles. The standard InChI is InChI=1S/C15H28N4O2/c1-11-7-12(16)9-19(8-11)10-14(20)18-15(21)17-13-5-3-2-4-6-13/h11-13H,2-10,16H2,1H3,(H2,17,18,20,21). The van der Waals surface area contributed by atoms with E-state index in [1.165, 1.54) is 6.42 Å². The summed E-state index contributed by atoms with van der Waals surface area (Å²) in [5, 5.41) is 5.32. The first-order valence-electron chi connectivity index (χ1n) is 8.11. The van der Waals surface area contributed by atoms with Crippen LogP contribution in [0.3, 0.4) is 0 Å². The Bertz CT molecular complexity index is 359. The number of rotatable bonds is 3. The van der Waals surface area contributed by atoms with E-state index in [0.717, 1.165) is 45.2 Å². The highest BCUT2D eigenvalue weighted by Gasteiger charge is 2.24. The lowest BCUT2D eigenvalue weighted by Crippen LogP contribution is -2.52. The van der Waals surface area contributed by atoms with Crippen LogP contribution < -0.4 is 16.4 Å². The first-order valence-corrected chi connectivity index (χ1v) is 8.11. The van der Waals surface area contributed by atoms with Gasteiger partial charge in [-0.15, -0.1) is 0 Å². The molecular formula is C15H28N4O2. The second-order valence-electron chi connectivity index (χ2n) is 6.65. The first-order chi connectivity index (χ1) is 10.0. The quantitative estimate of drug-likeness (QED) is 0.719. The number of carbonyl (C=O) groups is 2. The van der Waals surface area contributed by atoms with Crippen LogP contribution in [0, 0.1) is 5.92 Å². The molecule has 1 saturated heterocycles.